The maximum Gasteiger partial charge on any atom is 0.419 e. The minimum atomic E-state index is -3.76. The molecule has 0 bridgehead atoms. The maximum absolute atomic E-state index is 13.1. The molecule has 0 N–H and O–H groups in total. The number of oxazole rings is 1. The van der Waals surface area contributed by atoms with Gasteiger partial charge in [-0.15, -0.1) is 0 Å². The molecule has 0 saturated carbocycles. The highest BCUT2D eigenvalue weighted by Gasteiger charge is 2.31. The molecular weight excluding hydrogens is 406 g/mol. The molecule has 30 heavy (non-hydrogen) atoms. The Morgan fingerprint density at radius 2 is 1.77 bits per heavy atom. The fraction of sp³-hybridized carbons (Fsp3) is 0.333. The van der Waals surface area contributed by atoms with Crippen molar-refractivity contribution in [2.24, 2.45) is 0 Å². The Morgan fingerprint density at radius 3 is 2.43 bits per heavy atom. The zero-order valence-electron chi connectivity index (χ0n) is 16.9. The van der Waals surface area contributed by atoms with Gasteiger partial charge in [0, 0.05) is 44.4 Å². The molecule has 1 saturated heterocycles. The van der Waals surface area contributed by atoms with E-state index in [4.69, 9.17) is 4.42 Å². The van der Waals surface area contributed by atoms with Gasteiger partial charge in [0.15, 0.2) is 5.58 Å². The average molecular weight is 429 g/mol. The standard InChI is InChI=1S/C21H23N3O5S/c1-3-24-18-9-8-16(14-19(18)29-21(24)26)30(27,28)23-12-10-22(11-13-23)20(25)17-7-5-4-6-15(17)2/h4-9,14H,3,10-13H2,1-2H3. The van der Waals surface area contributed by atoms with Crippen molar-refractivity contribution < 1.29 is 17.6 Å². The number of piperazine rings is 1. The van der Waals surface area contributed by atoms with Crippen molar-refractivity contribution >= 4 is 27.0 Å². The minimum Gasteiger partial charge on any atom is -0.408 e. The van der Waals surface area contributed by atoms with E-state index in [-0.39, 0.29) is 29.5 Å². The maximum atomic E-state index is 13.1. The molecule has 1 amide bonds. The van der Waals surface area contributed by atoms with Crippen LogP contribution in [0.1, 0.15) is 22.8 Å². The first-order chi connectivity index (χ1) is 14.3. The number of carbonyl (C=O) groups is 1. The average Bonchev–Trinajstić information content (AvgIpc) is 3.07. The number of hydrogen-bond donors (Lipinski definition) is 0. The Morgan fingerprint density at radius 1 is 1.07 bits per heavy atom. The Balaban J connectivity index is 1.53. The molecule has 158 valence electrons. The molecule has 2 heterocycles. The lowest BCUT2D eigenvalue weighted by Gasteiger charge is -2.34. The van der Waals surface area contributed by atoms with E-state index >= 15 is 0 Å². The van der Waals surface area contributed by atoms with Gasteiger partial charge in [-0.1, -0.05) is 18.2 Å². The summed E-state index contributed by atoms with van der Waals surface area (Å²) in [7, 11) is -3.76. The van der Waals surface area contributed by atoms with Crippen LogP contribution in [-0.2, 0) is 16.6 Å². The van der Waals surface area contributed by atoms with E-state index in [0.29, 0.717) is 30.7 Å². The van der Waals surface area contributed by atoms with E-state index in [1.54, 1.807) is 17.0 Å². The number of sulfonamides is 1. The molecule has 1 aliphatic heterocycles. The number of aryl methyl sites for hydroxylation is 2. The van der Waals surface area contributed by atoms with Crippen molar-refractivity contribution in [2.75, 3.05) is 26.2 Å². The van der Waals surface area contributed by atoms with Gasteiger partial charge in [0.25, 0.3) is 5.91 Å². The number of hydrogen-bond acceptors (Lipinski definition) is 5. The van der Waals surface area contributed by atoms with E-state index in [9.17, 15) is 18.0 Å². The van der Waals surface area contributed by atoms with Gasteiger partial charge in [-0.3, -0.25) is 9.36 Å². The summed E-state index contributed by atoms with van der Waals surface area (Å²) in [4.78, 5) is 26.4. The molecule has 0 atom stereocenters. The van der Waals surface area contributed by atoms with Crippen LogP contribution in [0.25, 0.3) is 11.1 Å². The van der Waals surface area contributed by atoms with Gasteiger partial charge in [-0.2, -0.15) is 4.31 Å². The molecular formula is C21H23N3O5S. The SMILES string of the molecule is CCn1c(=O)oc2cc(S(=O)(=O)N3CCN(C(=O)c4ccccc4C)CC3)ccc21. The highest BCUT2D eigenvalue weighted by Crippen LogP contribution is 2.23. The fourth-order valence-electron chi connectivity index (χ4n) is 3.77. The van der Waals surface area contributed by atoms with Crippen molar-refractivity contribution in [2.45, 2.75) is 25.3 Å². The Hall–Kier alpha value is -2.91. The number of benzene rings is 2. The quantitative estimate of drug-likeness (QED) is 0.633. The van der Waals surface area contributed by atoms with Gasteiger partial charge in [-0.25, -0.2) is 13.2 Å². The van der Waals surface area contributed by atoms with Crippen molar-refractivity contribution in [1.29, 1.82) is 0 Å². The zero-order chi connectivity index (χ0) is 21.5. The molecule has 8 nitrogen and oxygen atoms in total. The summed E-state index contributed by atoms with van der Waals surface area (Å²) in [5.41, 5.74) is 2.34. The monoisotopic (exact) mass is 429 g/mol. The minimum absolute atomic E-state index is 0.0747. The number of fused-ring (bicyclic) bond motifs is 1. The first-order valence-corrected chi connectivity index (χ1v) is 11.3. The molecule has 1 fully saturated rings. The van der Waals surface area contributed by atoms with Crippen molar-refractivity contribution in [3.63, 3.8) is 0 Å². The Kier molecular flexibility index (Phi) is 5.25. The summed E-state index contributed by atoms with van der Waals surface area (Å²) in [6.45, 7) is 5.18. The lowest BCUT2D eigenvalue weighted by molar-refractivity contribution is 0.0697. The van der Waals surface area contributed by atoms with Gasteiger partial charge >= 0.3 is 5.76 Å². The van der Waals surface area contributed by atoms with Gasteiger partial charge in [-0.05, 0) is 37.6 Å². The molecule has 0 spiro atoms. The summed E-state index contributed by atoms with van der Waals surface area (Å²) in [6.07, 6.45) is 0. The molecule has 1 aromatic heterocycles. The number of carbonyl (C=O) groups excluding carboxylic acids is 1. The Labute approximate surface area is 174 Å². The number of nitrogens with zero attached hydrogens (tertiary/aromatic N) is 3. The van der Waals surface area contributed by atoms with Crippen molar-refractivity contribution in [3.05, 3.63) is 64.1 Å². The van der Waals surface area contributed by atoms with E-state index in [1.807, 2.05) is 32.0 Å². The second-order valence-corrected chi connectivity index (χ2v) is 9.19. The van der Waals surface area contributed by atoms with Gasteiger partial charge < -0.3 is 9.32 Å². The smallest absolute Gasteiger partial charge is 0.408 e. The van der Waals surface area contributed by atoms with Crippen molar-refractivity contribution in [1.82, 2.24) is 13.8 Å². The third-order valence-corrected chi connectivity index (χ3v) is 7.39. The number of aromatic nitrogens is 1. The van der Waals surface area contributed by atoms with Crippen LogP contribution in [0.15, 0.2) is 56.6 Å². The zero-order valence-corrected chi connectivity index (χ0v) is 17.7. The molecule has 2 aromatic carbocycles. The topological polar surface area (TPSA) is 92.8 Å². The lowest BCUT2D eigenvalue weighted by Crippen LogP contribution is -2.50. The lowest BCUT2D eigenvalue weighted by atomic mass is 10.1. The number of amides is 1. The normalized spacial score (nSPS) is 15.6. The predicted octanol–water partition coefficient (Wildman–Crippen LogP) is 2.07. The van der Waals surface area contributed by atoms with Gasteiger partial charge in [0.05, 0.1) is 10.4 Å². The van der Waals surface area contributed by atoms with Gasteiger partial charge in [0.1, 0.15) is 0 Å². The molecule has 1 aliphatic rings. The van der Waals surface area contributed by atoms with E-state index in [2.05, 4.69) is 0 Å². The second kappa shape index (κ2) is 7.73. The summed E-state index contributed by atoms with van der Waals surface area (Å²) >= 11 is 0. The fourth-order valence-corrected chi connectivity index (χ4v) is 5.21. The molecule has 0 radical (unpaired) electrons. The molecule has 9 heteroatoms. The van der Waals surface area contributed by atoms with Crippen LogP contribution in [0.4, 0.5) is 0 Å². The molecule has 3 aromatic rings. The Bertz CT molecular complexity index is 1270. The summed E-state index contributed by atoms with van der Waals surface area (Å²) in [5.74, 6) is -0.598. The van der Waals surface area contributed by atoms with Crippen LogP contribution in [0, 0.1) is 6.92 Å². The van der Waals surface area contributed by atoms with E-state index < -0.39 is 15.8 Å². The van der Waals surface area contributed by atoms with Crippen LogP contribution in [0.5, 0.6) is 0 Å². The van der Waals surface area contributed by atoms with Crippen LogP contribution < -0.4 is 5.76 Å². The third-order valence-electron chi connectivity index (χ3n) is 5.50. The van der Waals surface area contributed by atoms with E-state index in [0.717, 1.165) is 5.56 Å². The van der Waals surface area contributed by atoms with E-state index in [1.165, 1.54) is 21.0 Å². The summed E-state index contributed by atoms with van der Waals surface area (Å²) < 4.78 is 34.2. The third kappa shape index (κ3) is 3.44. The van der Waals surface area contributed by atoms with Crippen LogP contribution in [0.2, 0.25) is 0 Å². The summed E-state index contributed by atoms with van der Waals surface area (Å²) in [6, 6.07) is 11.8. The van der Waals surface area contributed by atoms with Crippen LogP contribution in [0.3, 0.4) is 0 Å². The van der Waals surface area contributed by atoms with Crippen LogP contribution in [-0.4, -0.2) is 54.3 Å². The highest BCUT2D eigenvalue weighted by atomic mass is 32.2. The summed E-state index contributed by atoms with van der Waals surface area (Å²) in [5, 5.41) is 0. The highest BCUT2D eigenvalue weighted by molar-refractivity contribution is 7.89. The first-order valence-electron chi connectivity index (χ1n) is 9.81. The molecule has 0 aliphatic carbocycles. The predicted molar refractivity (Wildman–Crippen MR) is 112 cm³/mol. The first kappa shape index (κ1) is 20.4. The van der Waals surface area contributed by atoms with Crippen molar-refractivity contribution in [3.8, 4) is 0 Å². The number of rotatable bonds is 4. The van der Waals surface area contributed by atoms with Gasteiger partial charge in [0.2, 0.25) is 10.0 Å². The van der Waals surface area contributed by atoms with Crippen LogP contribution >= 0.6 is 0 Å². The second-order valence-electron chi connectivity index (χ2n) is 7.25. The largest absolute Gasteiger partial charge is 0.419 e. The molecule has 4 rings (SSSR count). The molecule has 0 unspecified atom stereocenters.